The fourth-order valence-electron chi connectivity index (χ4n) is 4.36. The van der Waals surface area contributed by atoms with Crippen LogP contribution in [0.25, 0.3) is 11.1 Å². The first-order valence-electron chi connectivity index (χ1n) is 12.0. The van der Waals surface area contributed by atoms with Gasteiger partial charge in [0.15, 0.2) is 0 Å². The maximum Gasteiger partial charge on any atom is 0.129 e. The number of aromatic nitrogens is 1. The molecule has 0 unspecified atom stereocenters. The summed E-state index contributed by atoms with van der Waals surface area (Å²) >= 11 is 0. The van der Waals surface area contributed by atoms with Crippen LogP contribution in [0.2, 0.25) is 0 Å². The van der Waals surface area contributed by atoms with Gasteiger partial charge in [0.05, 0.1) is 23.5 Å². The van der Waals surface area contributed by atoms with Crippen LogP contribution < -0.4 is 10.6 Å². The molecule has 5 aromatic rings. The van der Waals surface area contributed by atoms with Crippen LogP contribution in [-0.4, -0.2) is 17.4 Å². The molecule has 37 heavy (non-hydrogen) atoms. The molecular formula is C32H26N4O. The van der Waals surface area contributed by atoms with E-state index in [9.17, 15) is 0 Å². The monoisotopic (exact) mass is 482 g/mol. The minimum absolute atomic E-state index is 0.0763. The van der Waals surface area contributed by atoms with Crippen LogP contribution in [0.5, 0.6) is 11.5 Å². The van der Waals surface area contributed by atoms with Crippen molar-refractivity contribution >= 4 is 18.1 Å². The second kappa shape index (κ2) is 11.6. The molecule has 5 rings (SSSR count). The topological polar surface area (TPSA) is 72.9 Å². The summed E-state index contributed by atoms with van der Waals surface area (Å²) in [6.07, 6.45) is 4.82. The fourth-order valence-corrected chi connectivity index (χ4v) is 4.36. The van der Waals surface area contributed by atoms with Crippen molar-refractivity contribution in [2.75, 3.05) is 0 Å². The van der Waals surface area contributed by atoms with Crippen LogP contribution in [0.3, 0.4) is 0 Å². The number of ether oxygens (including phenoxy) is 1. The molecule has 5 nitrogen and oxygen atoms in total. The third-order valence-electron chi connectivity index (χ3n) is 5.96. The van der Waals surface area contributed by atoms with Crippen molar-refractivity contribution in [1.29, 1.82) is 0 Å². The zero-order chi connectivity index (χ0) is 25.3. The number of hydrogen-bond donors (Lipinski definition) is 1. The summed E-state index contributed by atoms with van der Waals surface area (Å²) in [6, 6.07) is 40.8. The van der Waals surface area contributed by atoms with Crippen LogP contribution in [-0.2, 0) is 0 Å². The van der Waals surface area contributed by atoms with Gasteiger partial charge in [0.25, 0.3) is 0 Å². The standard InChI is InChI=1S/C32H26N4O/c33-36-21-20-34-26-13-9-15-28(23-26)37-27-14-8-12-25(22-27)32(31-18-6-7-19-35-31)30-17-5-4-16-29(30)24-10-2-1-3-11-24/h1-23,32H,33H2/t32-/m0/s1. The van der Waals surface area contributed by atoms with E-state index < -0.39 is 0 Å². The average molecular weight is 483 g/mol. The molecule has 0 aliphatic rings. The highest BCUT2D eigenvalue weighted by molar-refractivity contribution is 6.16. The number of hydrazone groups is 1. The SMILES string of the molecule is NN=CC=Nc1cccc(Oc2cccc([C@H](c3ccccn3)c3ccccc3-c3ccccc3)c2)c1. The number of nitrogens with zero attached hydrogens (tertiary/aromatic N) is 3. The quantitative estimate of drug-likeness (QED) is 0.143. The lowest BCUT2D eigenvalue weighted by Gasteiger charge is -2.22. The first-order valence-corrected chi connectivity index (χ1v) is 12.0. The Bertz CT molecular complexity index is 1510. The normalized spacial score (nSPS) is 12.1. The summed E-state index contributed by atoms with van der Waals surface area (Å²) in [7, 11) is 0. The van der Waals surface area contributed by atoms with E-state index in [2.05, 4.69) is 76.8 Å². The van der Waals surface area contributed by atoms with Crippen LogP contribution in [0.15, 0.2) is 138 Å². The molecule has 0 aliphatic carbocycles. The van der Waals surface area contributed by atoms with Crippen molar-refractivity contribution in [3.05, 3.63) is 144 Å². The molecule has 1 aromatic heterocycles. The molecule has 5 heteroatoms. The molecule has 1 atom stereocenters. The Morgan fingerprint density at radius 2 is 1.46 bits per heavy atom. The lowest BCUT2D eigenvalue weighted by Crippen LogP contribution is -2.07. The zero-order valence-electron chi connectivity index (χ0n) is 20.2. The predicted molar refractivity (Wildman–Crippen MR) is 151 cm³/mol. The Balaban J connectivity index is 1.54. The average Bonchev–Trinajstić information content (AvgIpc) is 2.95. The number of aliphatic imine (C=N–C) groups is 1. The Hall–Kier alpha value is -5.03. The number of pyridine rings is 1. The van der Waals surface area contributed by atoms with Crippen molar-refractivity contribution in [3.63, 3.8) is 0 Å². The Labute approximate surface area is 216 Å². The zero-order valence-corrected chi connectivity index (χ0v) is 20.2. The van der Waals surface area contributed by atoms with Gasteiger partial charge in [-0.2, -0.15) is 5.10 Å². The van der Waals surface area contributed by atoms with Gasteiger partial charge in [0.1, 0.15) is 11.5 Å². The maximum atomic E-state index is 6.25. The van der Waals surface area contributed by atoms with E-state index >= 15 is 0 Å². The third-order valence-corrected chi connectivity index (χ3v) is 5.96. The van der Waals surface area contributed by atoms with E-state index in [1.807, 2.05) is 60.8 Å². The van der Waals surface area contributed by atoms with Gasteiger partial charge in [0.2, 0.25) is 0 Å². The van der Waals surface area contributed by atoms with Crippen LogP contribution in [0, 0.1) is 0 Å². The number of benzene rings is 4. The summed E-state index contributed by atoms with van der Waals surface area (Å²) in [5.41, 5.74) is 6.34. The van der Waals surface area contributed by atoms with E-state index in [1.54, 1.807) is 6.21 Å². The first kappa shape index (κ1) is 23.7. The minimum Gasteiger partial charge on any atom is -0.457 e. The lowest BCUT2D eigenvalue weighted by atomic mass is 9.83. The summed E-state index contributed by atoms with van der Waals surface area (Å²) < 4.78 is 6.25. The molecule has 180 valence electrons. The maximum absolute atomic E-state index is 6.25. The van der Waals surface area contributed by atoms with Gasteiger partial charge in [-0.15, -0.1) is 0 Å². The Kier molecular flexibility index (Phi) is 7.43. The summed E-state index contributed by atoms with van der Waals surface area (Å²) in [5, 5.41) is 3.43. The summed E-state index contributed by atoms with van der Waals surface area (Å²) in [6.45, 7) is 0. The van der Waals surface area contributed by atoms with E-state index in [4.69, 9.17) is 15.6 Å². The molecule has 0 amide bonds. The second-order valence-electron chi connectivity index (χ2n) is 8.39. The third kappa shape index (κ3) is 5.80. The van der Waals surface area contributed by atoms with Crippen molar-refractivity contribution in [1.82, 2.24) is 4.98 Å². The number of nitrogens with two attached hydrogens (primary N) is 1. The van der Waals surface area contributed by atoms with Gasteiger partial charge in [-0.05, 0) is 58.7 Å². The predicted octanol–water partition coefficient (Wildman–Crippen LogP) is 7.37. The molecule has 1 heterocycles. The smallest absolute Gasteiger partial charge is 0.129 e. The molecular weight excluding hydrogens is 456 g/mol. The summed E-state index contributed by atoms with van der Waals surface area (Å²) in [5.74, 6) is 6.49. The Morgan fingerprint density at radius 1 is 0.703 bits per heavy atom. The van der Waals surface area contributed by atoms with Crippen LogP contribution in [0.4, 0.5) is 5.69 Å². The Morgan fingerprint density at radius 3 is 2.27 bits per heavy atom. The number of rotatable bonds is 8. The number of hydrogen-bond acceptors (Lipinski definition) is 5. The molecule has 2 N–H and O–H groups in total. The van der Waals surface area contributed by atoms with E-state index in [-0.39, 0.29) is 5.92 Å². The van der Waals surface area contributed by atoms with Gasteiger partial charge in [-0.25, -0.2) is 0 Å². The van der Waals surface area contributed by atoms with Crippen molar-refractivity contribution in [3.8, 4) is 22.6 Å². The lowest BCUT2D eigenvalue weighted by molar-refractivity contribution is 0.482. The molecule has 0 fully saturated rings. The molecule has 4 aromatic carbocycles. The molecule has 0 radical (unpaired) electrons. The molecule has 0 saturated carbocycles. The van der Waals surface area contributed by atoms with Gasteiger partial charge in [0, 0.05) is 18.5 Å². The molecule has 0 spiro atoms. The van der Waals surface area contributed by atoms with Gasteiger partial charge in [-0.1, -0.05) is 78.9 Å². The van der Waals surface area contributed by atoms with E-state index in [0.29, 0.717) is 5.75 Å². The molecule has 0 aliphatic heterocycles. The van der Waals surface area contributed by atoms with Gasteiger partial charge in [-0.3, -0.25) is 9.98 Å². The van der Waals surface area contributed by atoms with Crippen LogP contribution >= 0.6 is 0 Å². The van der Waals surface area contributed by atoms with E-state index in [1.165, 1.54) is 22.9 Å². The van der Waals surface area contributed by atoms with Crippen molar-refractivity contribution in [2.45, 2.75) is 5.92 Å². The molecule has 0 bridgehead atoms. The highest BCUT2D eigenvalue weighted by Gasteiger charge is 2.22. The highest BCUT2D eigenvalue weighted by Crippen LogP contribution is 2.38. The van der Waals surface area contributed by atoms with Crippen LogP contribution in [0.1, 0.15) is 22.7 Å². The van der Waals surface area contributed by atoms with Gasteiger partial charge < -0.3 is 10.6 Å². The first-order chi connectivity index (χ1) is 18.3. The van der Waals surface area contributed by atoms with E-state index in [0.717, 1.165) is 22.7 Å². The fraction of sp³-hybridized carbons (Fsp3) is 0.0312. The largest absolute Gasteiger partial charge is 0.457 e. The van der Waals surface area contributed by atoms with Gasteiger partial charge >= 0.3 is 0 Å². The summed E-state index contributed by atoms with van der Waals surface area (Å²) in [4.78, 5) is 9.07. The van der Waals surface area contributed by atoms with Crippen molar-refractivity contribution in [2.24, 2.45) is 15.9 Å². The minimum atomic E-state index is -0.0763. The molecule has 0 saturated heterocycles. The second-order valence-corrected chi connectivity index (χ2v) is 8.39. The van der Waals surface area contributed by atoms with Crippen molar-refractivity contribution < 1.29 is 4.74 Å². The highest BCUT2D eigenvalue weighted by atomic mass is 16.5.